The summed E-state index contributed by atoms with van der Waals surface area (Å²) >= 11 is 1.07. The molecule has 2 rings (SSSR count). The molecule has 0 bridgehead atoms. The third-order valence-corrected chi connectivity index (χ3v) is 4.13. The standard InChI is InChI=1S/C12H13N3O3S2.C2H6/c1-7-4-3-5-8(6-7)11-14-9(10(13)16)12(19-11)15-20(2,17)18;1-2/h3-6,15H,1-2H3,(H2,13,16);1-2H3. The van der Waals surface area contributed by atoms with Crippen LogP contribution in [0.2, 0.25) is 0 Å². The maximum atomic E-state index is 11.4. The molecule has 0 fully saturated rings. The average molecular weight is 341 g/mol. The van der Waals surface area contributed by atoms with Crippen molar-refractivity contribution in [2.24, 2.45) is 5.73 Å². The Morgan fingerprint density at radius 2 is 1.95 bits per heavy atom. The Morgan fingerprint density at radius 1 is 1.32 bits per heavy atom. The molecule has 120 valence electrons. The highest BCUT2D eigenvalue weighted by Gasteiger charge is 2.19. The van der Waals surface area contributed by atoms with Crippen LogP contribution in [0.1, 0.15) is 29.9 Å². The summed E-state index contributed by atoms with van der Waals surface area (Å²) in [4.78, 5) is 15.5. The molecule has 0 atom stereocenters. The Hall–Kier alpha value is -1.93. The van der Waals surface area contributed by atoms with E-state index in [2.05, 4.69) is 9.71 Å². The van der Waals surface area contributed by atoms with Crippen molar-refractivity contribution in [1.82, 2.24) is 4.98 Å². The molecule has 6 nitrogen and oxygen atoms in total. The van der Waals surface area contributed by atoms with Crippen LogP contribution in [-0.2, 0) is 10.0 Å². The molecule has 8 heteroatoms. The number of carbonyl (C=O) groups excluding carboxylic acids is 1. The number of hydrogen-bond donors (Lipinski definition) is 2. The number of amides is 1. The van der Waals surface area contributed by atoms with Crippen molar-refractivity contribution >= 4 is 32.3 Å². The number of aromatic nitrogens is 1. The predicted octanol–water partition coefficient (Wildman–Crippen LogP) is 2.62. The second-order valence-corrected chi connectivity index (χ2v) is 7.05. The minimum atomic E-state index is -3.50. The Kier molecular flexibility index (Phi) is 6.07. The van der Waals surface area contributed by atoms with E-state index in [0.717, 1.165) is 28.7 Å². The molecular formula is C14H19N3O3S2. The average Bonchev–Trinajstić information content (AvgIpc) is 2.83. The van der Waals surface area contributed by atoms with Crippen LogP contribution in [0.4, 0.5) is 5.00 Å². The number of thiazole rings is 1. The van der Waals surface area contributed by atoms with E-state index in [-0.39, 0.29) is 10.7 Å². The highest BCUT2D eigenvalue weighted by atomic mass is 32.2. The zero-order chi connectivity index (χ0) is 16.9. The Balaban J connectivity index is 0.00000116. The SMILES string of the molecule is CC.Cc1cccc(-c2nc(C(N)=O)c(NS(C)(=O)=O)s2)c1. The molecule has 0 spiro atoms. The number of rotatable bonds is 4. The minimum Gasteiger partial charge on any atom is -0.364 e. The number of benzene rings is 1. The molecule has 22 heavy (non-hydrogen) atoms. The fourth-order valence-corrected chi connectivity index (χ4v) is 3.50. The Labute approximate surface area is 134 Å². The summed E-state index contributed by atoms with van der Waals surface area (Å²) in [5.74, 6) is -0.772. The normalized spacial score (nSPS) is 10.5. The van der Waals surface area contributed by atoms with E-state index < -0.39 is 15.9 Å². The predicted molar refractivity (Wildman–Crippen MR) is 90.6 cm³/mol. The van der Waals surface area contributed by atoms with Crippen molar-refractivity contribution in [3.05, 3.63) is 35.5 Å². The molecule has 1 aromatic heterocycles. The Bertz CT molecular complexity index is 767. The van der Waals surface area contributed by atoms with Gasteiger partial charge in [-0.25, -0.2) is 13.4 Å². The van der Waals surface area contributed by atoms with E-state index in [1.807, 2.05) is 45.0 Å². The van der Waals surface area contributed by atoms with Gasteiger partial charge in [-0.05, 0) is 13.0 Å². The monoisotopic (exact) mass is 341 g/mol. The summed E-state index contributed by atoms with van der Waals surface area (Å²) in [6, 6.07) is 7.52. The first kappa shape index (κ1) is 18.1. The highest BCUT2D eigenvalue weighted by Crippen LogP contribution is 2.32. The van der Waals surface area contributed by atoms with E-state index in [0.29, 0.717) is 5.01 Å². The lowest BCUT2D eigenvalue weighted by atomic mass is 10.1. The third kappa shape index (κ3) is 4.81. The number of hydrogen-bond acceptors (Lipinski definition) is 5. The Morgan fingerprint density at radius 3 is 2.45 bits per heavy atom. The first-order chi connectivity index (χ1) is 10.3. The van der Waals surface area contributed by atoms with Gasteiger partial charge in [-0.2, -0.15) is 0 Å². The van der Waals surface area contributed by atoms with Gasteiger partial charge < -0.3 is 5.73 Å². The van der Waals surface area contributed by atoms with E-state index >= 15 is 0 Å². The van der Waals surface area contributed by atoms with Crippen LogP contribution in [0.25, 0.3) is 10.6 Å². The second-order valence-electron chi connectivity index (χ2n) is 4.30. The van der Waals surface area contributed by atoms with Crippen LogP contribution >= 0.6 is 11.3 Å². The molecule has 1 heterocycles. The largest absolute Gasteiger partial charge is 0.364 e. The molecule has 0 saturated heterocycles. The van der Waals surface area contributed by atoms with Crippen molar-refractivity contribution in [1.29, 1.82) is 0 Å². The fourth-order valence-electron chi connectivity index (χ4n) is 1.63. The van der Waals surface area contributed by atoms with Crippen LogP contribution in [0.3, 0.4) is 0 Å². The summed E-state index contributed by atoms with van der Waals surface area (Å²) < 4.78 is 24.8. The molecule has 0 saturated carbocycles. The summed E-state index contributed by atoms with van der Waals surface area (Å²) in [5, 5.41) is 0.671. The number of carbonyl (C=O) groups is 1. The van der Waals surface area contributed by atoms with Gasteiger partial charge >= 0.3 is 0 Å². The van der Waals surface area contributed by atoms with Crippen LogP contribution in [-0.4, -0.2) is 25.6 Å². The van der Waals surface area contributed by atoms with Gasteiger partial charge in [-0.1, -0.05) is 48.9 Å². The lowest BCUT2D eigenvalue weighted by Crippen LogP contribution is -2.16. The molecule has 2 aromatic rings. The number of nitrogens with one attached hydrogen (secondary N) is 1. The van der Waals surface area contributed by atoms with Crippen molar-refractivity contribution in [2.45, 2.75) is 20.8 Å². The van der Waals surface area contributed by atoms with Gasteiger partial charge in [0.05, 0.1) is 6.26 Å². The van der Waals surface area contributed by atoms with Crippen LogP contribution < -0.4 is 10.5 Å². The maximum absolute atomic E-state index is 11.4. The molecule has 1 aromatic carbocycles. The van der Waals surface area contributed by atoms with Crippen molar-refractivity contribution in [3.8, 4) is 10.6 Å². The number of nitrogens with zero attached hydrogens (tertiary/aromatic N) is 1. The molecule has 1 amide bonds. The maximum Gasteiger partial charge on any atom is 0.270 e. The number of sulfonamides is 1. The first-order valence-corrected chi connectivity index (χ1v) is 9.32. The first-order valence-electron chi connectivity index (χ1n) is 6.62. The second kappa shape index (κ2) is 7.37. The van der Waals surface area contributed by atoms with Crippen LogP contribution in [0.5, 0.6) is 0 Å². The molecule has 3 N–H and O–H groups in total. The quantitative estimate of drug-likeness (QED) is 0.892. The molecule has 0 unspecified atom stereocenters. The molecule has 0 aliphatic heterocycles. The molecular weight excluding hydrogens is 322 g/mol. The van der Waals surface area contributed by atoms with E-state index in [4.69, 9.17) is 5.73 Å². The molecule has 0 radical (unpaired) electrons. The van der Waals surface area contributed by atoms with Crippen molar-refractivity contribution in [2.75, 3.05) is 11.0 Å². The topological polar surface area (TPSA) is 102 Å². The van der Waals surface area contributed by atoms with Crippen LogP contribution in [0, 0.1) is 6.92 Å². The van der Waals surface area contributed by atoms with E-state index in [1.165, 1.54) is 0 Å². The highest BCUT2D eigenvalue weighted by molar-refractivity contribution is 7.92. The minimum absolute atomic E-state index is 0.0723. The molecule has 0 aliphatic carbocycles. The number of primary amides is 1. The number of aryl methyl sites for hydroxylation is 1. The van der Waals surface area contributed by atoms with Gasteiger partial charge in [-0.15, -0.1) is 0 Å². The summed E-state index contributed by atoms with van der Waals surface area (Å²) in [6.45, 7) is 5.93. The molecule has 0 aliphatic rings. The van der Waals surface area contributed by atoms with E-state index in [9.17, 15) is 13.2 Å². The lowest BCUT2D eigenvalue weighted by molar-refractivity contribution is 0.0997. The number of nitrogens with two attached hydrogens (primary N) is 1. The van der Waals surface area contributed by atoms with Crippen molar-refractivity contribution < 1.29 is 13.2 Å². The van der Waals surface area contributed by atoms with Gasteiger partial charge in [0.1, 0.15) is 10.0 Å². The van der Waals surface area contributed by atoms with Crippen LogP contribution in [0.15, 0.2) is 24.3 Å². The zero-order valence-corrected chi connectivity index (χ0v) is 14.5. The zero-order valence-electron chi connectivity index (χ0n) is 12.9. The van der Waals surface area contributed by atoms with Gasteiger partial charge in [0.15, 0.2) is 5.69 Å². The summed E-state index contributed by atoms with van der Waals surface area (Å²) in [6.07, 6.45) is 1.00. The van der Waals surface area contributed by atoms with E-state index in [1.54, 1.807) is 0 Å². The lowest BCUT2D eigenvalue weighted by Gasteiger charge is -2.00. The summed E-state index contributed by atoms with van der Waals surface area (Å²) in [5.41, 5.74) is 7.00. The summed E-state index contributed by atoms with van der Waals surface area (Å²) in [7, 11) is -3.50. The third-order valence-electron chi connectivity index (χ3n) is 2.40. The van der Waals surface area contributed by atoms with Gasteiger partial charge in [0.2, 0.25) is 10.0 Å². The number of anilines is 1. The van der Waals surface area contributed by atoms with Gasteiger partial charge in [0, 0.05) is 5.56 Å². The van der Waals surface area contributed by atoms with Gasteiger partial charge in [0.25, 0.3) is 5.91 Å². The smallest absolute Gasteiger partial charge is 0.270 e. The fraction of sp³-hybridized carbons (Fsp3) is 0.286. The van der Waals surface area contributed by atoms with Crippen molar-refractivity contribution in [3.63, 3.8) is 0 Å². The van der Waals surface area contributed by atoms with Gasteiger partial charge in [-0.3, -0.25) is 9.52 Å².